The van der Waals surface area contributed by atoms with Gasteiger partial charge in [-0.2, -0.15) is 4.98 Å². The molecule has 0 radical (unpaired) electrons. The van der Waals surface area contributed by atoms with Gasteiger partial charge in [0.2, 0.25) is 5.89 Å². The molecule has 2 amide bonds. The topological polar surface area (TPSA) is 80.5 Å². The van der Waals surface area contributed by atoms with Crippen LogP contribution in [0.1, 0.15) is 54.1 Å². The fourth-order valence-corrected chi connectivity index (χ4v) is 4.01. The summed E-state index contributed by atoms with van der Waals surface area (Å²) >= 11 is 0. The van der Waals surface area contributed by atoms with Crippen LogP contribution >= 0.6 is 0 Å². The van der Waals surface area contributed by atoms with Crippen LogP contribution in [0, 0.1) is 6.92 Å². The first kappa shape index (κ1) is 16.9. The maximum absolute atomic E-state index is 12.7. The number of benzene rings is 1. The molecule has 1 unspecified atom stereocenters. The number of ether oxygens (including phenoxy) is 1. The predicted molar refractivity (Wildman–Crippen MR) is 95.2 cm³/mol. The number of hydrogen-bond acceptors (Lipinski definition) is 5. The summed E-state index contributed by atoms with van der Waals surface area (Å²) in [6.07, 6.45) is 3.55. The average Bonchev–Trinajstić information content (AvgIpc) is 3.28. The van der Waals surface area contributed by atoms with Crippen LogP contribution in [-0.4, -0.2) is 41.3 Å². The predicted octanol–water partition coefficient (Wildman–Crippen LogP) is 2.96. The highest BCUT2D eigenvalue weighted by atomic mass is 16.5. The van der Waals surface area contributed by atoms with Gasteiger partial charge in [0.15, 0.2) is 5.82 Å². The molecule has 1 fully saturated rings. The number of nitrogens with zero attached hydrogens (tertiary/aromatic N) is 3. The van der Waals surface area contributed by atoms with Crippen LogP contribution in [0.5, 0.6) is 5.75 Å². The van der Waals surface area contributed by atoms with Crippen LogP contribution in [0.25, 0.3) is 0 Å². The first-order valence-electron chi connectivity index (χ1n) is 9.17. The van der Waals surface area contributed by atoms with E-state index in [2.05, 4.69) is 21.5 Å². The highest BCUT2D eigenvalue weighted by Crippen LogP contribution is 2.37. The van der Waals surface area contributed by atoms with E-state index in [0.717, 1.165) is 31.4 Å². The number of methoxy groups -OCH3 is 1. The Balaban J connectivity index is 1.36. The molecule has 2 heterocycles. The van der Waals surface area contributed by atoms with Crippen molar-refractivity contribution in [2.24, 2.45) is 0 Å². The maximum Gasteiger partial charge on any atom is 0.317 e. The minimum absolute atomic E-state index is 0.00540. The van der Waals surface area contributed by atoms with Crippen LogP contribution in [-0.2, 0) is 6.42 Å². The Kier molecular flexibility index (Phi) is 4.53. The number of likely N-dealkylation sites (tertiary alicyclic amines) is 1. The summed E-state index contributed by atoms with van der Waals surface area (Å²) in [5.74, 6) is 2.52. The number of rotatable bonds is 3. The lowest BCUT2D eigenvalue weighted by Crippen LogP contribution is -2.45. The van der Waals surface area contributed by atoms with E-state index in [1.807, 2.05) is 24.0 Å². The first-order valence-corrected chi connectivity index (χ1v) is 9.17. The molecule has 0 saturated carbocycles. The number of amides is 2. The summed E-state index contributed by atoms with van der Waals surface area (Å²) in [6.45, 7) is 3.23. The highest BCUT2D eigenvalue weighted by molar-refractivity contribution is 5.75. The Morgan fingerprint density at radius 1 is 1.31 bits per heavy atom. The van der Waals surface area contributed by atoms with Gasteiger partial charge in [-0.25, -0.2) is 4.79 Å². The summed E-state index contributed by atoms with van der Waals surface area (Å²) in [4.78, 5) is 18.9. The molecule has 1 N–H and O–H groups in total. The van der Waals surface area contributed by atoms with Crippen molar-refractivity contribution in [2.45, 2.75) is 44.6 Å². The Morgan fingerprint density at radius 2 is 2.12 bits per heavy atom. The molecule has 1 aliphatic carbocycles. The SMILES string of the molecule is COc1cccc2c1CCC2NC(=O)N1CCC(c2nc(C)no2)CC1. The lowest BCUT2D eigenvalue weighted by Gasteiger charge is -2.31. The van der Waals surface area contributed by atoms with Crippen molar-refractivity contribution in [1.29, 1.82) is 0 Å². The second kappa shape index (κ2) is 6.97. The number of hydrogen-bond donors (Lipinski definition) is 1. The number of aromatic nitrogens is 2. The van der Waals surface area contributed by atoms with E-state index in [4.69, 9.17) is 9.26 Å². The van der Waals surface area contributed by atoms with Gasteiger partial charge >= 0.3 is 6.03 Å². The van der Waals surface area contributed by atoms with Crippen LogP contribution < -0.4 is 10.1 Å². The van der Waals surface area contributed by atoms with E-state index < -0.39 is 0 Å². The molecule has 7 heteroatoms. The number of piperidine rings is 1. The number of urea groups is 1. The van der Waals surface area contributed by atoms with Gasteiger partial charge in [0.25, 0.3) is 0 Å². The standard InChI is InChI=1S/C19H24N4O3/c1-12-20-18(26-22-12)13-8-10-23(11-9-13)19(24)21-16-7-6-15-14(16)4-3-5-17(15)25-2/h3-5,13,16H,6-11H2,1-2H3,(H,21,24). The Morgan fingerprint density at radius 3 is 2.81 bits per heavy atom. The van der Waals surface area contributed by atoms with Crippen molar-refractivity contribution >= 4 is 6.03 Å². The van der Waals surface area contributed by atoms with E-state index in [0.29, 0.717) is 24.8 Å². The van der Waals surface area contributed by atoms with E-state index in [1.54, 1.807) is 7.11 Å². The van der Waals surface area contributed by atoms with Gasteiger partial charge in [-0.05, 0) is 49.8 Å². The molecule has 1 atom stereocenters. The van der Waals surface area contributed by atoms with Crippen LogP contribution in [0.15, 0.2) is 22.7 Å². The molecule has 4 rings (SSSR count). The van der Waals surface area contributed by atoms with E-state index in [1.165, 1.54) is 11.1 Å². The van der Waals surface area contributed by atoms with Gasteiger partial charge in [0, 0.05) is 19.0 Å². The maximum atomic E-state index is 12.7. The molecule has 7 nitrogen and oxygen atoms in total. The third-order valence-corrected chi connectivity index (χ3v) is 5.42. The summed E-state index contributed by atoms with van der Waals surface area (Å²) in [5.41, 5.74) is 2.39. The molecule has 1 aromatic heterocycles. The molecule has 1 aromatic carbocycles. The number of aryl methyl sites for hydroxylation is 1. The zero-order valence-electron chi connectivity index (χ0n) is 15.2. The molecule has 1 aliphatic heterocycles. The van der Waals surface area contributed by atoms with Crippen molar-refractivity contribution in [2.75, 3.05) is 20.2 Å². The Labute approximate surface area is 152 Å². The monoisotopic (exact) mass is 356 g/mol. The Hall–Kier alpha value is -2.57. The fraction of sp³-hybridized carbons (Fsp3) is 0.526. The molecule has 2 aromatic rings. The van der Waals surface area contributed by atoms with E-state index >= 15 is 0 Å². The molecule has 138 valence electrons. The zero-order valence-corrected chi connectivity index (χ0v) is 15.2. The summed E-state index contributed by atoms with van der Waals surface area (Å²) in [7, 11) is 1.69. The minimum atomic E-state index is 0.00540. The number of carbonyl (C=O) groups is 1. The third kappa shape index (κ3) is 3.13. The second-order valence-corrected chi connectivity index (χ2v) is 7.01. The van der Waals surface area contributed by atoms with Gasteiger partial charge < -0.3 is 19.5 Å². The van der Waals surface area contributed by atoms with Crippen molar-refractivity contribution in [3.05, 3.63) is 41.0 Å². The summed E-state index contributed by atoms with van der Waals surface area (Å²) in [5, 5.41) is 7.06. The van der Waals surface area contributed by atoms with Crippen molar-refractivity contribution in [1.82, 2.24) is 20.4 Å². The van der Waals surface area contributed by atoms with Crippen LogP contribution in [0.2, 0.25) is 0 Å². The number of carbonyl (C=O) groups excluding carboxylic acids is 1. The van der Waals surface area contributed by atoms with Crippen molar-refractivity contribution < 1.29 is 14.1 Å². The molecular weight excluding hydrogens is 332 g/mol. The third-order valence-electron chi connectivity index (χ3n) is 5.42. The van der Waals surface area contributed by atoms with Gasteiger partial charge in [-0.15, -0.1) is 0 Å². The average molecular weight is 356 g/mol. The first-order chi connectivity index (χ1) is 12.7. The Bertz CT molecular complexity index is 796. The second-order valence-electron chi connectivity index (χ2n) is 7.01. The molecule has 2 aliphatic rings. The zero-order chi connectivity index (χ0) is 18.1. The van der Waals surface area contributed by atoms with E-state index in [9.17, 15) is 4.79 Å². The largest absolute Gasteiger partial charge is 0.496 e. The van der Waals surface area contributed by atoms with Gasteiger partial charge in [-0.1, -0.05) is 17.3 Å². The normalized spacial score (nSPS) is 20.1. The summed E-state index contributed by atoms with van der Waals surface area (Å²) < 4.78 is 10.7. The van der Waals surface area contributed by atoms with Crippen LogP contribution in [0.4, 0.5) is 4.79 Å². The lowest BCUT2D eigenvalue weighted by molar-refractivity contribution is 0.172. The van der Waals surface area contributed by atoms with Crippen molar-refractivity contribution in [3.8, 4) is 5.75 Å². The quantitative estimate of drug-likeness (QED) is 0.914. The molecule has 1 saturated heterocycles. The number of fused-ring (bicyclic) bond motifs is 1. The van der Waals surface area contributed by atoms with Gasteiger partial charge in [0.05, 0.1) is 13.2 Å². The van der Waals surface area contributed by atoms with E-state index in [-0.39, 0.29) is 18.0 Å². The molecular formula is C19H24N4O3. The van der Waals surface area contributed by atoms with Gasteiger partial charge in [0.1, 0.15) is 5.75 Å². The number of nitrogens with one attached hydrogen (secondary N) is 1. The molecule has 26 heavy (non-hydrogen) atoms. The molecule has 0 bridgehead atoms. The molecule has 0 spiro atoms. The van der Waals surface area contributed by atoms with Crippen molar-refractivity contribution in [3.63, 3.8) is 0 Å². The van der Waals surface area contributed by atoms with Crippen LogP contribution in [0.3, 0.4) is 0 Å². The highest BCUT2D eigenvalue weighted by Gasteiger charge is 2.31. The minimum Gasteiger partial charge on any atom is -0.496 e. The lowest BCUT2D eigenvalue weighted by atomic mass is 9.97. The smallest absolute Gasteiger partial charge is 0.317 e. The fourth-order valence-electron chi connectivity index (χ4n) is 4.01. The summed E-state index contributed by atoms with van der Waals surface area (Å²) in [6, 6.07) is 6.11. The van der Waals surface area contributed by atoms with Gasteiger partial charge in [-0.3, -0.25) is 0 Å².